The number of hydrogen-bond acceptors (Lipinski definition) is 4. The summed E-state index contributed by atoms with van der Waals surface area (Å²) >= 11 is 0. The molecule has 160 valence electrons. The summed E-state index contributed by atoms with van der Waals surface area (Å²) < 4.78 is 0. The van der Waals surface area contributed by atoms with E-state index in [2.05, 4.69) is 17.1 Å². The highest BCUT2D eigenvalue weighted by atomic mass is 16.3. The Morgan fingerprint density at radius 3 is 2.04 bits per heavy atom. The molecule has 2 aliphatic heterocycles. The molecule has 2 aliphatic rings. The maximum Gasteiger partial charge on any atom is 0.0979 e. The second-order valence-electron chi connectivity index (χ2n) is 8.99. The number of fused-ring (bicyclic) bond motifs is 1. The van der Waals surface area contributed by atoms with Crippen molar-refractivity contribution in [1.29, 1.82) is 0 Å². The van der Waals surface area contributed by atoms with Crippen LogP contribution in [0.4, 0.5) is 0 Å². The minimum Gasteiger partial charge on any atom is -0.389 e. The predicted octanol–water partition coefficient (Wildman–Crippen LogP) is 4.24. The Morgan fingerprint density at radius 2 is 1.41 bits per heavy atom. The standard InChI is InChI=1S/C23H46N2O2/c1-2-3-4-5-6-7-8-9-10-11-12-14-17-24-22-20-16-13-15-18-25(20)19-21(26)23(22)27/h20-24,26-27H,2-19H2,1H3/t20-,21+,22-,23-/m1/s1. The molecule has 0 aliphatic carbocycles. The van der Waals surface area contributed by atoms with Crippen LogP contribution in [0.1, 0.15) is 103 Å². The van der Waals surface area contributed by atoms with Gasteiger partial charge < -0.3 is 15.5 Å². The largest absolute Gasteiger partial charge is 0.389 e. The number of nitrogens with one attached hydrogen (secondary N) is 1. The zero-order valence-corrected chi connectivity index (χ0v) is 17.9. The van der Waals surface area contributed by atoms with Gasteiger partial charge in [-0.1, -0.05) is 84.0 Å². The van der Waals surface area contributed by atoms with Gasteiger partial charge in [-0.05, 0) is 32.4 Å². The van der Waals surface area contributed by atoms with Crippen LogP contribution < -0.4 is 5.32 Å². The maximum atomic E-state index is 10.4. The van der Waals surface area contributed by atoms with Gasteiger partial charge in [-0.3, -0.25) is 4.90 Å². The number of piperidine rings is 2. The second-order valence-corrected chi connectivity index (χ2v) is 8.99. The van der Waals surface area contributed by atoms with Crippen molar-refractivity contribution in [2.24, 2.45) is 0 Å². The summed E-state index contributed by atoms with van der Waals surface area (Å²) in [4.78, 5) is 2.39. The third kappa shape index (κ3) is 8.39. The third-order valence-electron chi connectivity index (χ3n) is 6.67. The van der Waals surface area contributed by atoms with Crippen molar-refractivity contribution in [2.75, 3.05) is 19.6 Å². The fourth-order valence-corrected chi connectivity index (χ4v) is 4.96. The summed E-state index contributed by atoms with van der Waals surface area (Å²) in [7, 11) is 0. The molecule has 2 heterocycles. The Kier molecular flexibility index (Phi) is 11.9. The average Bonchev–Trinajstić information content (AvgIpc) is 2.68. The number of rotatable bonds is 14. The monoisotopic (exact) mass is 382 g/mol. The van der Waals surface area contributed by atoms with E-state index in [0.717, 1.165) is 19.5 Å². The first-order valence-electron chi connectivity index (χ1n) is 12.1. The van der Waals surface area contributed by atoms with Gasteiger partial charge in [-0.2, -0.15) is 0 Å². The van der Waals surface area contributed by atoms with Crippen LogP contribution >= 0.6 is 0 Å². The molecule has 2 fully saturated rings. The van der Waals surface area contributed by atoms with Gasteiger partial charge in [-0.15, -0.1) is 0 Å². The Labute approximate surface area is 168 Å². The molecule has 0 bridgehead atoms. The molecule has 0 radical (unpaired) electrons. The van der Waals surface area contributed by atoms with Crippen molar-refractivity contribution in [2.45, 2.75) is 128 Å². The van der Waals surface area contributed by atoms with Crippen molar-refractivity contribution in [3.05, 3.63) is 0 Å². The minimum absolute atomic E-state index is 0.0433. The Bertz CT molecular complexity index is 366. The highest BCUT2D eigenvalue weighted by Crippen LogP contribution is 2.27. The second kappa shape index (κ2) is 13.9. The fourth-order valence-electron chi connectivity index (χ4n) is 4.96. The highest BCUT2D eigenvalue weighted by molar-refractivity contribution is 4.99. The summed E-state index contributed by atoms with van der Waals surface area (Å²) in [6.07, 6.45) is 18.9. The van der Waals surface area contributed by atoms with Gasteiger partial charge >= 0.3 is 0 Å². The topological polar surface area (TPSA) is 55.7 Å². The number of hydrogen-bond donors (Lipinski definition) is 3. The van der Waals surface area contributed by atoms with E-state index in [0.29, 0.717) is 12.6 Å². The van der Waals surface area contributed by atoms with E-state index >= 15 is 0 Å². The predicted molar refractivity (Wildman–Crippen MR) is 114 cm³/mol. The molecule has 0 aromatic heterocycles. The van der Waals surface area contributed by atoms with Crippen molar-refractivity contribution >= 4 is 0 Å². The molecule has 0 amide bonds. The Morgan fingerprint density at radius 1 is 0.815 bits per heavy atom. The quantitative estimate of drug-likeness (QED) is 0.393. The molecular weight excluding hydrogens is 336 g/mol. The summed E-state index contributed by atoms with van der Waals surface area (Å²) in [5, 5.41) is 24.2. The number of nitrogens with zero attached hydrogens (tertiary/aromatic N) is 1. The van der Waals surface area contributed by atoms with Gasteiger partial charge in [0.25, 0.3) is 0 Å². The van der Waals surface area contributed by atoms with Crippen molar-refractivity contribution in [3.63, 3.8) is 0 Å². The molecule has 0 aromatic rings. The van der Waals surface area contributed by atoms with Crippen LogP contribution in [0.5, 0.6) is 0 Å². The lowest BCUT2D eigenvalue weighted by Crippen LogP contribution is -2.66. The molecule has 2 saturated heterocycles. The van der Waals surface area contributed by atoms with Crippen molar-refractivity contribution < 1.29 is 10.2 Å². The number of unbranched alkanes of at least 4 members (excludes halogenated alkanes) is 11. The summed E-state index contributed by atoms with van der Waals surface area (Å²) in [6.45, 7) is 4.96. The van der Waals surface area contributed by atoms with Crippen LogP contribution in [0.15, 0.2) is 0 Å². The summed E-state index contributed by atoms with van der Waals surface area (Å²) in [5.41, 5.74) is 0. The lowest BCUT2D eigenvalue weighted by Gasteiger charge is -2.48. The third-order valence-corrected chi connectivity index (χ3v) is 6.67. The molecular formula is C23H46N2O2. The maximum absolute atomic E-state index is 10.4. The first-order chi connectivity index (χ1) is 13.2. The number of aliphatic hydroxyl groups is 2. The highest BCUT2D eigenvalue weighted by Gasteiger charge is 2.42. The van der Waals surface area contributed by atoms with E-state index in [1.807, 2.05) is 0 Å². The summed E-state index contributed by atoms with van der Waals surface area (Å²) in [6, 6.07) is 0.455. The van der Waals surface area contributed by atoms with Crippen LogP contribution in [-0.4, -0.2) is 59.0 Å². The van der Waals surface area contributed by atoms with E-state index < -0.39 is 12.2 Å². The summed E-state index contributed by atoms with van der Waals surface area (Å²) in [5.74, 6) is 0. The van der Waals surface area contributed by atoms with E-state index in [1.54, 1.807) is 0 Å². The normalized spacial score (nSPS) is 29.0. The molecule has 3 N–H and O–H groups in total. The molecule has 27 heavy (non-hydrogen) atoms. The van der Waals surface area contributed by atoms with Crippen LogP contribution in [0.3, 0.4) is 0 Å². The zero-order chi connectivity index (χ0) is 19.3. The van der Waals surface area contributed by atoms with Gasteiger partial charge in [0.1, 0.15) is 0 Å². The SMILES string of the molecule is CCCCCCCCCCCCCCN[C@H]1[C@H](O)[C@@H](O)CN2CCCC[C@H]12. The van der Waals surface area contributed by atoms with Gasteiger partial charge in [0.2, 0.25) is 0 Å². The molecule has 0 saturated carbocycles. The molecule has 0 aromatic carbocycles. The molecule has 0 spiro atoms. The fraction of sp³-hybridized carbons (Fsp3) is 1.00. The molecule has 4 atom stereocenters. The zero-order valence-electron chi connectivity index (χ0n) is 17.9. The van der Waals surface area contributed by atoms with Gasteiger partial charge in [0.05, 0.1) is 18.2 Å². The minimum atomic E-state index is -0.610. The van der Waals surface area contributed by atoms with E-state index in [4.69, 9.17) is 0 Å². The van der Waals surface area contributed by atoms with Crippen molar-refractivity contribution in [1.82, 2.24) is 10.2 Å². The lowest BCUT2D eigenvalue weighted by atomic mass is 9.85. The van der Waals surface area contributed by atoms with Crippen molar-refractivity contribution in [3.8, 4) is 0 Å². The van der Waals surface area contributed by atoms with E-state index in [1.165, 1.54) is 89.9 Å². The molecule has 4 nitrogen and oxygen atoms in total. The molecule has 2 rings (SSSR count). The van der Waals surface area contributed by atoms with Gasteiger partial charge in [0.15, 0.2) is 0 Å². The van der Waals surface area contributed by atoms with Crippen LogP contribution in [0, 0.1) is 0 Å². The smallest absolute Gasteiger partial charge is 0.0979 e. The Hall–Kier alpha value is -0.160. The van der Waals surface area contributed by atoms with E-state index in [-0.39, 0.29) is 6.04 Å². The Balaban J connectivity index is 1.46. The average molecular weight is 383 g/mol. The van der Waals surface area contributed by atoms with Gasteiger partial charge in [0, 0.05) is 12.6 Å². The van der Waals surface area contributed by atoms with Crippen LogP contribution in [0.25, 0.3) is 0 Å². The van der Waals surface area contributed by atoms with Gasteiger partial charge in [-0.25, -0.2) is 0 Å². The first kappa shape index (κ1) is 23.1. The number of aliphatic hydroxyl groups excluding tert-OH is 2. The van der Waals surface area contributed by atoms with E-state index in [9.17, 15) is 10.2 Å². The van der Waals surface area contributed by atoms with Crippen LogP contribution in [0.2, 0.25) is 0 Å². The lowest BCUT2D eigenvalue weighted by molar-refractivity contribution is -0.0917. The van der Waals surface area contributed by atoms with Crippen LogP contribution in [-0.2, 0) is 0 Å². The molecule has 0 unspecified atom stereocenters. The first-order valence-corrected chi connectivity index (χ1v) is 12.1. The molecule has 4 heteroatoms.